The van der Waals surface area contributed by atoms with Crippen LogP contribution in [0, 0.1) is 0 Å². The van der Waals surface area contributed by atoms with Crippen LogP contribution in [0.3, 0.4) is 0 Å². The molecule has 3 N–H and O–H groups in total. The second-order valence-corrected chi connectivity index (χ2v) is 7.19. The molecule has 0 aromatic carbocycles. The zero-order valence-electron chi connectivity index (χ0n) is 12.8. The molecule has 0 fully saturated rings. The van der Waals surface area contributed by atoms with E-state index in [-0.39, 0.29) is 11.7 Å². The zero-order chi connectivity index (χ0) is 15.8. The van der Waals surface area contributed by atoms with Crippen molar-refractivity contribution in [3.63, 3.8) is 0 Å². The number of hydrogen-bond donors (Lipinski definition) is 3. The summed E-state index contributed by atoms with van der Waals surface area (Å²) in [4.78, 5) is 18.6. The van der Waals surface area contributed by atoms with Gasteiger partial charge in [-0.1, -0.05) is 23.8 Å². The van der Waals surface area contributed by atoms with E-state index in [1.807, 2.05) is 26.0 Å². The third kappa shape index (κ3) is 10.2. The molecule has 0 unspecified atom stereocenters. The maximum Gasteiger partial charge on any atom is 0.352 e. The fourth-order valence-electron chi connectivity index (χ4n) is 1.76. The van der Waals surface area contributed by atoms with Crippen molar-refractivity contribution < 1.29 is 19.5 Å². The first-order valence-corrected chi connectivity index (χ1v) is 8.44. The van der Waals surface area contributed by atoms with Crippen molar-refractivity contribution in [1.82, 2.24) is 0 Å². The van der Waals surface area contributed by atoms with Gasteiger partial charge in [-0.3, -0.25) is 4.57 Å². The molecule has 4 nitrogen and oxygen atoms in total. The van der Waals surface area contributed by atoms with Crippen molar-refractivity contribution in [2.24, 2.45) is 0 Å². The molecule has 0 spiro atoms. The van der Waals surface area contributed by atoms with E-state index < -0.39 is 13.2 Å². The number of rotatable bonds is 8. The van der Waals surface area contributed by atoms with Gasteiger partial charge < -0.3 is 14.9 Å². The Hall–Kier alpha value is -0.670. The Morgan fingerprint density at radius 3 is 2.25 bits per heavy atom. The highest BCUT2D eigenvalue weighted by molar-refractivity contribution is 7.56. The molecule has 0 aromatic heterocycles. The first-order valence-electron chi connectivity index (χ1n) is 6.83. The van der Waals surface area contributed by atoms with Gasteiger partial charge in [0.15, 0.2) is 0 Å². The van der Waals surface area contributed by atoms with Crippen LogP contribution in [0.4, 0.5) is 0 Å². The molecule has 0 saturated heterocycles. The molecule has 0 aliphatic rings. The quantitative estimate of drug-likeness (QED) is 0.469. The van der Waals surface area contributed by atoms with Crippen LogP contribution in [0.1, 0.15) is 53.4 Å². The van der Waals surface area contributed by atoms with Crippen LogP contribution < -0.4 is 0 Å². The molecule has 0 heterocycles. The number of hydrogen-bond acceptors (Lipinski definition) is 2. The lowest BCUT2D eigenvalue weighted by molar-refractivity contribution is 0.132. The van der Waals surface area contributed by atoms with Crippen LogP contribution in [0.25, 0.3) is 0 Å². The molecular formula is C15H27O4P. The standard InChI is InChI=1S/C15H27O4P/c1-5-6-7-9-13(2)10-8-11-14(20(17,18)19)12-15(3,4)16/h5-6,10,12,16H,7-9,11H2,1-4H3,(H2,17,18,19)/b6-5?,13-10+,14-12+. The summed E-state index contributed by atoms with van der Waals surface area (Å²) in [7, 11) is -4.30. The molecule has 0 aromatic rings. The van der Waals surface area contributed by atoms with E-state index in [1.165, 1.54) is 25.5 Å². The van der Waals surface area contributed by atoms with E-state index in [1.54, 1.807) is 0 Å². The van der Waals surface area contributed by atoms with Gasteiger partial charge in [0.05, 0.1) is 5.60 Å². The summed E-state index contributed by atoms with van der Waals surface area (Å²) in [5, 5.41) is 9.66. The lowest BCUT2D eigenvalue weighted by Crippen LogP contribution is -2.15. The monoisotopic (exact) mass is 302 g/mol. The lowest BCUT2D eigenvalue weighted by Gasteiger charge is -2.16. The average molecular weight is 302 g/mol. The molecule has 0 aliphatic heterocycles. The van der Waals surface area contributed by atoms with Gasteiger partial charge in [-0.25, -0.2) is 0 Å². The van der Waals surface area contributed by atoms with Crippen LogP contribution in [0.15, 0.2) is 35.2 Å². The summed E-state index contributed by atoms with van der Waals surface area (Å²) in [6, 6.07) is 0. The average Bonchev–Trinajstić information content (AvgIpc) is 2.25. The van der Waals surface area contributed by atoms with Crippen molar-refractivity contribution in [3.8, 4) is 0 Å². The third-order valence-corrected chi connectivity index (χ3v) is 3.83. The molecule has 116 valence electrons. The second-order valence-electron chi connectivity index (χ2n) is 5.53. The molecule has 0 saturated carbocycles. The highest BCUT2D eigenvalue weighted by Gasteiger charge is 2.23. The summed E-state index contributed by atoms with van der Waals surface area (Å²) >= 11 is 0. The van der Waals surface area contributed by atoms with E-state index in [2.05, 4.69) is 6.08 Å². The highest BCUT2D eigenvalue weighted by Crippen LogP contribution is 2.48. The number of aliphatic hydroxyl groups is 1. The Bertz CT molecular complexity index is 422. The van der Waals surface area contributed by atoms with Gasteiger partial charge in [0.1, 0.15) is 0 Å². The summed E-state index contributed by atoms with van der Waals surface area (Å²) < 4.78 is 11.4. The molecule has 0 atom stereocenters. The van der Waals surface area contributed by atoms with Gasteiger partial charge in [0.25, 0.3) is 0 Å². The Morgan fingerprint density at radius 2 is 1.80 bits per heavy atom. The Labute approximate surface area is 122 Å². The number of allylic oxidation sites excluding steroid dienone is 5. The van der Waals surface area contributed by atoms with Gasteiger partial charge in [-0.2, -0.15) is 0 Å². The second kappa shape index (κ2) is 8.58. The predicted molar refractivity (Wildman–Crippen MR) is 83.5 cm³/mol. The Balaban J connectivity index is 4.61. The van der Waals surface area contributed by atoms with Crippen molar-refractivity contribution in [2.45, 2.75) is 59.0 Å². The topological polar surface area (TPSA) is 77.8 Å². The fourth-order valence-corrected chi connectivity index (χ4v) is 2.66. The van der Waals surface area contributed by atoms with Gasteiger partial charge in [-0.15, -0.1) is 0 Å². The normalized spacial score (nSPS) is 15.2. The molecular weight excluding hydrogens is 275 g/mol. The van der Waals surface area contributed by atoms with Gasteiger partial charge in [0.2, 0.25) is 0 Å². The van der Waals surface area contributed by atoms with E-state index in [9.17, 15) is 19.5 Å². The highest BCUT2D eigenvalue weighted by atomic mass is 31.2. The summed E-state index contributed by atoms with van der Waals surface area (Å²) in [5.74, 6) is 0. The Kier molecular flexibility index (Phi) is 8.29. The van der Waals surface area contributed by atoms with Crippen molar-refractivity contribution in [3.05, 3.63) is 35.2 Å². The first kappa shape index (κ1) is 19.3. The van der Waals surface area contributed by atoms with Crippen LogP contribution >= 0.6 is 7.60 Å². The summed E-state index contributed by atoms with van der Waals surface area (Å²) in [6.45, 7) is 6.99. The van der Waals surface area contributed by atoms with E-state index in [0.29, 0.717) is 6.42 Å². The molecule has 20 heavy (non-hydrogen) atoms. The fraction of sp³-hybridized carbons (Fsp3) is 0.600. The van der Waals surface area contributed by atoms with Crippen LogP contribution in [0.2, 0.25) is 0 Å². The molecule has 0 rings (SSSR count). The van der Waals surface area contributed by atoms with Crippen LogP contribution in [0.5, 0.6) is 0 Å². The molecule has 0 radical (unpaired) electrons. The van der Waals surface area contributed by atoms with E-state index in [0.717, 1.165) is 12.8 Å². The Morgan fingerprint density at radius 1 is 1.20 bits per heavy atom. The van der Waals surface area contributed by atoms with Gasteiger partial charge in [-0.05, 0) is 59.5 Å². The third-order valence-electron chi connectivity index (χ3n) is 2.73. The SMILES string of the molecule is CC=CCC/C(C)=C/CC/C(=C\C(C)(C)O)P(=O)(O)O. The zero-order valence-corrected chi connectivity index (χ0v) is 13.7. The van der Waals surface area contributed by atoms with Crippen LogP contribution in [-0.2, 0) is 4.57 Å². The smallest absolute Gasteiger partial charge is 0.352 e. The minimum atomic E-state index is -4.30. The minimum Gasteiger partial charge on any atom is -0.386 e. The van der Waals surface area contributed by atoms with E-state index >= 15 is 0 Å². The van der Waals surface area contributed by atoms with E-state index in [4.69, 9.17) is 0 Å². The predicted octanol–water partition coefficient (Wildman–Crippen LogP) is 3.90. The van der Waals surface area contributed by atoms with Crippen LogP contribution in [-0.4, -0.2) is 20.5 Å². The molecule has 5 heteroatoms. The minimum absolute atomic E-state index is 0.00232. The molecule has 0 bridgehead atoms. The van der Waals surface area contributed by atoms with Crippen molar-refractivity contribution in [1.29, 1.82) is 0 Å². The maximum atomic E-state index is 11.4. The molecule has 0 amide bonds. The van der Waals surface area contributed by atoms with Crippen molar-refractivity contribution in [2.75, 3.05) is 0 Å². The lowest BCUT2D eigenvalue weighted by atomic mass is 10.1. The largest absolute Gasteiger partial charge is 0.386 e. The summed E-state index contributed by atoms with van der Waals surface area (Å²) in [6.07, 6.45) is 10.1. The summed E-state index contributed by atoms with van der Waals surface area (Å²) in [5.41, 5.74) is -0.0161. The first-order chi connectivity index (χ1) is 9.06. The maximum absolute atomic E-state index is 11.4. The van der Waals surface area contributed by atoms with Gasteiger partial charge in [0, 0.05) is 5.31 Å². The van der Waals surface area contributed by atoms with Crippen molar-refractivity contribution >= 4 is 7.60 Å². The van der Waals surface area contributed by atoms with Gasteiger partial charge >= 0.3 is 7.60 Å². The molecule has 0 aliphatic carbocycles.